The van der Waals surface area contributed by atoms with Crippen molar-refractivity contribution in [3.8, 4) is 0 Å². The zero-order valence-corrected chi connectivity index (χ0v) is 9.76. The van der Waals surface area contributed by atoms with E-state index >= 15 is 0 Å². The second-order valence-electron chi connectivity index (χ2n) is 4.52. The Morgan fingerprint density at radius 1 is 1.50 bits per heavy atom. The van der Waals surface area contributed by atoms with Crippen LogP contribution in [0.4, 0.5) is 5.69 Å². The van der Waals surface area contributed by atoms with Crippen LogP contribution in [0.2, 0.25) is 0 Å². The number of rotatable bonds is 3. The Balaban J connectivity index is 2.32. The van der Waals surface area contributed by atoms with Crippen molar-refractivity contribution >= 4 is 5.69 Å². The highest BCUT2D eigenvalue weighted by atomic mass is 16.3. The van der Waals surface area contributed by atoms with Crippen LogP contribution in [-0.4, -0.2) is 24.3 Å². The standard InChI is InChI=1S/C13H20N2O/c1-10(14)12-6-2-3-7-13(12)15-8-4-5-11(15)9-16/h2-3,6-7,10-11,16H,4-5,8-9,14H2,1H3/t10-,11?/m0/s1. The number of hydrogen-bond acceptors (Lipinski definition) is 3. The minimum absolute atomic E-state index is 0.0381. The lowest BCUT2D eigenvalue weighted by Crippen LogP contribution is -2.33. The zero-order valence-electron chi connectivity index (χ0n) is 9.76. The van der Waals surface area contributed by atoms with E-state index in [0.29, 0.717) is 0 Å². The molecule has 3 heteroatoms. The predicted octanol–water partition coefficient (Wildman–Crippen LogP) is 1.67. The number of anilines is 1. The van der Waals surface area contributed by atoms with Crippen LogP contribution >= 0.6 is 0 Å². The Labute approximate surface area is 96.9 Å². The monoisotopic (exact) mass is 220 g/mol. The van der Waals surface area contributed by atoms with Gasteiger partial charge in [-0.05, 0) is 31.4 Å². The molecule has 88 valence electrons. The molecule has 1 unspecified atom stereocenters. The molecule has 1 aromatic rings. The van der Waals surface area contributed by atoms with E-state index in [1.807, 2.05) is 19.1 Å². The van der Waals surface area contributed by atoms with E-state index in [0.717, 1.165) is 19.4 Å². The molecule has 0 amide bonds. The summed E-state index contributed by atoms with van der Waals surface area (Å²) in [6.07, 6.45) is 2.22. The van der Waals surface area contributed by atoms with Crippen LogP contribution in [-0.2, 0) is 0 Å². The van der Waals surface area contributed by atoms with Crippen LogP contribution in [0.25, 0.3) is 0 Å². The SMILES string of the molecule is C[C@H](N)c1ccccc1N1CCCC1CO. The van der Waals surface area contributed by atoms with E-state index < -0.39 is 0 Å². The van der Waals surface area contributed by atoms with Crippen LogP contribution in [0.1, 0.15) is 31.4 Å². The van der Waals surface area contributed by atoms with E-state index in [1.165, 1.54) is 11.3 Å². The molecule has 1 saturated heterocycles. The molecule has 1 aliphatic heterocycles. The Bertz CT molecular complexity index is 352. The number of hydrogen-bond donors (Lipinski definition) is 2. The maximum absolute atomic E-state index is 9.35. The van der Waals surface area contributed by atoms with Gasteiger partial charge in [0.2, 0.25) is 0 Å². The fraction of sp³-hybridized carbons (Fsp3) is 0.538. The van der Waals surface area contributed by atoms with Crippen LogP contribution in [0.15, 0.2) is 24.3 Å². The fourth-order valence-corrected chi connectivity index (χ4v) is 2.48. The van der Waals surface area contributed by atoms with Crippen molar-refractivity contribution in [2.75, 3.05) is 18.1 Å². The number of nitrogens with two attached hydrogens (primary N) is 1. The summed E-state index contributed by atoms with van der Waals surface area (Å²) >= 11 is 0. The van der Waals surface area contributed by atoms with Crippen molar-refractivity contribution in [2.45, 2.75) is 31.8 Å². The smallest absolute Gasteiger partial charge is 0.0635 e. The van der Waals surface area contributed by atoms with Gasteiger partial charge in [0.25, 0.3) is 0 Å². The highest BCUT2D eigenvalue weighted by molar-refractivity contribution is 5.56. The second-order valence-corrected chi connectivity index (χ2v) is 4.52. The normalized spacial score (nSPS) is 22.4. The molecule has 16 heavy (non-hydrogen) atoms. The first kappa shape index (κ1) is 11.4. The molecular formula is C13H20N2O. The predicted molar refractivity (Wildman–Crippen MR) is 66.5 cm³/mol. The van der Waals surface area contributed by atoms with Gasteiger partial charge in [-0.15, -0.1) is 0 Å². The summed E-state index contributed by atoms with van der Waals surface area (Å²) in [5.74, 6) is 0. The molecule has 1 fully saturated rings. The van der Waals surface area contributed by atoms with Crippen molar-refractivity contribution in [3.63, 3.8) is 0 Å². The second kappa shape index (κ2) is 4.85. The molecule has 1 aromatic carbocycles. The van der Waals surface area contributed by atoms with Crippen LogP contribution in [0.5, 0.6) is 0 Å². The van der Waals surface area contributed by atoms with Crippen molar-refractivity contribution in [1.29, 1.82) is 0 Å². The lowest BCUT2D eigenvalue weighted by atomic mass is 10.1. The van der Waals surface area contributed by atoms with Gasteiger partial charge in [0, 0.05) is 18.3 Å². The van der Waals surface area contributed by atoms with Gasteiger partial charge in [-0.1, -0.05) is 18.2 Å². The van der Waals surface area contributed by atoms with E-state index in [-0.39, 0.29) is 18.7 Å². The minimum atomic E-state index is 0.0381. The van der Waals surface area contributed by atoms with Crippen LogP contribution < -0.4 is 10.6 Å². The van der Waals surface area contributed by atoms with E-state index in [9.17, 15) is 5.11 Å². The van der Waals surface area contributed by atoms with Gasteiger partial charge >= 0.3 is 0 Å². The summed E-state index contributed by atoms with van der Waals surface area (Å²) < 4.78 is 0. The first-order valence-electron chi connectivity index (χ1n) is 5.96. The van der Waals surface area contributed by atoms with E-state index in [1.54, 1.807) is 0 Å². The molecule has 0 radical (unpaired) electrons. The van der Waals surface area contributed by atoms with Gasteiger partial charge in [0.05, 0.1) is 12.6 Å². The van der Waals surface area contributed by atoms with Gasteiger partial charge in [0.15, 0.2) is 0 Å². The van der Waals surface area contributed by atoms with Crippen molar-refractivity contribution in [2.24, 2.45) is 5.73 Å². The van der Waals surface area contributed by atoms with E-state index in [4.69, 9.17) is 5.73 Å². The largest absolute Gasteiger partial charge is 0.394 e. The van der Waals surface area contributed by atoms with Gasteiger partial charge < -0.3 is 15.7 Å². The summed E-state index contributed by atoms with van der Waals surface area (Å²) in [6, 6.07) is 8.54. The molecular weight excluding hydrogens is 200 g/mol. The summed E-state index contributed by atoms with van der Waals surface area (Å²) in [4.78, 5) is 2.29. The molecule has 3 nitrogen and oxygen atoms in total. The number of benzene rings is 1. The quantitative estimate of drug-likeness (QED) is 0.814. The third-order valence-corrected chi connectivity index (χ3v) is 3.32. The van der Waals surface area contributed by atoms with Crippen LogP contribution in [0.3, 0.4) is 0 Å². The molecule has 0 aromatic heterocycles. The van der Waals surface area contributed by atoms with Crippen molar-refractivity contribution < 1.29 is 5.11 Å². The van der Waals surface area contributed by atoms with Gasteiger partial charge in [-0.2, -0.15) is 0 Å². The lowest BCUT2D eigenvalue weighted by Gasteiger charge is -2.28. The summed E-state index contributed by atoms with van der Waals surface area (Å²) in [5.41, 5.74) is 8.34. The first-order valence-corrected chi connectivity index (χ1v) is 5.96. The van der Waals surface area contributed by atoms with Gasteiger partial charge in [-0.25, -0.2) is 0 Å². The maximum atomic E-state index is 9.35. The first-order chi connectivity index (χ1) is 7.74. The van der Waals surface area contributed by atoms with Crippen LogP contribution in [0, 0.1) is 0 Å². The summed E-state index contributed by atoms with van der Waals surface area (Å²) in [7, 11) is 0. The minimum Gasteiger partial charge on any atom is -0.394 e. The highest BCUT2D eigenvalue weighted by Crippen LogP contribution is 2.30. The number of nitrogens with zero attached hydrogens (tertiary/aromatic N) is 1. The van der Waals surface area contributed by atoms with Crippen molar-refractivity contribution in [3.05, 3.63) is 29.8 Å². The molecule has 2 atom stereocenters. The third-order valence-electron chi connectivity index (χ3n) is 3.32. The summed E-state index contributed by atoms with van der Waals surface area (Å²) in [6.45, 7) is 3.26. The molecule has 0 saturated carbocycles. The summed E-state index contributed by atoms with van der Waals surface area (Å²) in [5, 5.41) is 9.35. The van der Waals surface area contributed by atoms with Gasteiger partial charge in [0.1, 0.15) is 0 Å². The Morgan fingerprint density at radius 3 is 2.94 bits per heavy atom. The van der Waals surface area contributed by atoms with E-state index in [2.05, 4.69) is 17.0 Å². The molecule has 0 bridgehead atoms. The Morgan fingerprint density at radius 2 is 2.25 bits per heavy atom. The van der Waals surface area contributed by atoms with Gasteiger partial charge in [-0.3, -0.25) is 0 Å². The topological polar surface area (TPSA) is 49.5 Å². The zero-order chi connectivity index (χ0) is 11.5. The molecule has 1 aliphatic rings. The average molecular weight is 220 g/mol. The third kappa shape index (κ3) is 2.06. The number of aliphatic hydroxyl groups is 1. The molecule has 2 rings (SSSR count). The Kier molecular flexibility index (Phi) is 3.46. The maximum Gasteiger partial charge on any atom is 0.0635 e. The lowest BCUT2D eigenvalue weighted by molar-refractivity contribution is 0.266. The molecule has 0 aliphatic carbocycles. The molecule has 3 N–H and O–H groups in total. The Hall–Kier alpha value is -1.06. The molecule has 0 spiro atoms. The number of para-hydroxylation sites is 1. The fourth-order valence-electron chi connectivity index (χ4n) is 2.48. The van der Waals surface area contributed by atoms with Crippen molar-refractivity contribution in [1.82, 2.24) is 0 Å². The average Bonchev–Trinajstić information content (AvgIpc) is 2.76. The number of aliphatic hydroxyl groups excluding tert-OH is 1. The highest BCUT2D eigenvalue weighted by Gasteiger charge is 2.25. The molecule has 1 heterocycles.